The van der Waals surface area contributed by atoms with Crippen molar-refractivity contribution in [1.82, 2.24) is 5.01 Å². The number of hydrogen-bond acceptors (Lipinski definition) is 5. The summed E-state index contributed by atoms with van der Waals surface area (Å²) >= 11 is 6.27. The van der Waals surface area contributed by atoms with Gasteiger partial charge in [-0.25, -0.2) is 4.39 Å². The first-order chi connectivity index (χ1) is 13.1. The predicted octanol–water partition coefficient (Wildman–Crippen LogP) is 4.37. The smallest absolute Gasteiger partial charge is 0.231 e. The topological polar surface area (TPSA) is 60.4 Å². The van der Waals surface area contributed by atoms with Gasteiger partial charge in [0.25, 0.3) is 0 Å². The molecule has 0 radical (unpaired) electrons. The van der Waals surface area contributed by atoms with Gasteiger partial charge in [0.1, 0.15) is 11.6 Å². The van der Waals surface area contributed by atoms with E-state index >= 15 is 0 Å². The molecule has 2 aromatic rings. The van der Waals surface area contributed by atoms with Crippen LogP contribution < -0.4 is 14.2 Å². The Morgan fingerprint density at radius 3 is 2.70 bits per heavy atom. The van der Waals surface area contributed by atoms with Crippen LogP contribution in [0.15, 0.2) is 41.7 Å². The summed E-state index contributed by atoms with van der Waals surface area (Å²) in [5.74, 6) is 1.54. The number of hydrogen-bond donors (Lipinski definition) is 0. The van der Waals surface area contributed by atoms with Gasteiger partial charge in [-0.3, -0.25) is 5.01 Å². The Balaban J connectivity index is 1.51. The summed E-state index contributed by atoms with van der Waals surface area (Å²) in [7, 11) is 0. The van der Waals surface area contributed by atoms with E-state index in [2.05, 4.69) is 5.29 Å². The van der Waals surface area contributed by atoms with Gasteiger partial charge in [0.15, 0.2) is 11.5 Å². The maximum Gasteiger partial charge on any atom is 0.231 e. The molecule has 2 aliphatic heterocycles. The second-order valence-corrected chi connectivity index (χ2v) is 7.06. The van der Waals surface area contributed by atoms with Crippen LogP contribution >= 0.6 is 11.6 Å². The highest BCUT2D eigenvalue weighted by atomic mass is 35.5. The fourth-order valence-corrected chi connectivity index (χ4v) is 3.82. The third-order valence-corrected chi connectivity index (χ3v) is 5.30. The molecule has 2 aliphatic rings. The zero-order valence-electron chi connectivity index (χ0n) is 14.4. The van der Waals surface area contributed by atoms with Crippen LogP contribution in [0, 0.1) is 16.6 Å². The Morgan fingerprint density at radius 2 is 1.96 bits per heavy atom. The van der Waals surface area contributed by atoms with Gasteiger partial charge in [-0.1, -0.05) is 23.7 Å². The third kappa shape index (κ3) is 3.78. The Hall–Kier alpha value is -2.54. The number of benzene rings is 2. The maximum atomic E-state index is 13.3. The fourth-order valence-electron chi connectivity index (χ4n) is 3.61. The van der Waals surface area contributed by atoms with E-state index < -0.39 is 0 Å². The Labute approximate surface area is 160 Å². The first-order valence-electron chi connectivity index (χ1n) is 8.69. The normalized spacial score (nSPS) is 21.2. The highest BCUT2D eigenvalue weighted by Gasteiger charge is 2.31. The van der Waals surface area contributed by atoms with Crippen molar-refractivity contribution in [3.63, 3.8) is 0 Å². The molecule has 1 fully saturated rings. The minimum atomic E-state index is -0.273. The lowest BCUT2D eigenvalue weighted by Gasteiger charge is -2.35. The van der Waals surface area contributed by atoms with E-state index in [4.69, 9.17) is 25.8 Å². The van der Waals surface area contributed by atoms with Crippen LogP contribution in [0.2, 0.25) is 5.02 Å². The van der Waals surface area contributed by atoms with Crippen molar-refractivity contribution in [1.29, 1.82) is 0 Å². The Morgan fingerprint density at radius 1 is 1.22 bits per heavy atom. The monoisotopic (exact) mass is 392 g/mol. The SMILES string of the molecule is O=NN1CCC(c2ccc(F)cc2)C(COc2cc3c(cc2Cl)OCO3)C1. The van der Waals surface area contributed by atoms with E-state index in [0.29, 0.717) is 42.0 Å². The van der Waals surface area contributed by atoms with Gasteiger partial charge in [0.05, 0.1) is 16.9 Å². The number of rotatable bonds is 5. The summed E-state index contributed by atoms with van der Waals surface area (Å²) in [6.07, 6.45) is 0.736. The average molecular weight is 393 g/mol. The minimum Gasteiger partial charge on any atom is -0.491 e. The molecule has 0 bridgehead atoms. The van der Waals surface area contributed by atoms with Gasteiger partial charge in [0.2, 0.25) is 6.79 Å². The summed E-state index contributed by atoms with van der Waals surface area (Å²) < 4.78 is 29.9. The molecule has 0 N–H and O–H groups in total. The minimum absolute atomic E-state index is 0.00315. The van der Waals surface area contributed by atoms with Gasteiger partial charge >= 0.3 is 0 Å². The summed E-state index contributed by atoms with van der Waals surface area (Å²) in [6, 6.07) is 9.83. The van der Waals surface area contributed by atoms with Gasteiger partial charge in [-0.2, -0.15) is 0 Å². The molecule has 27 heavy (non-hydrogen) atoms. The summed E-state index contributed by atoms with van der Waals surface area (Å²) in [5, 5.41) is 4.99. The highest BCUT2D eigenvalue weighted by molar-refractivity contribution is 6.32. The number of halogens is 2. The fraction of sp³-hybridized carbons (Fsp3) is 0.368. The zero-order chi connectivity index (χ0) is 18.8. The molecule has 8 heteroatoms. The quantitative estimate of drug-likeness (QED) is 0.707. The summed E-state index contributed by atoms with van der Waals surface area (Å²) in [5.41, 5.74) is 1.02. The molecular formula is C19H18ClFN2O4. The molecular weight excluding hydrogens is 375 g/mol. The van der Waals surface area contributed by atoms with Gasteiger partial charge in [0, 0.05) is 31.1 Å². The molecule has 6 nitrogen and oxygen atoms in total. The molecule has 0 aliphatic carbocycles. The Kier molecular flexibility index (Phi) is 5.03. The number of piperidine rings is 1. The molecule has 0 saturated carbocycles. The largest absolute Gasteiger partial charge is 0.491 e. The van der Waals surface area contributed by atoms with Gasteiger partial charge in [-0.05, 0) is 30.0 Å². The maximum absolute atomic E-state index is 13.3. The van der Waals surface area contributed by atoms with E-state index in [1.807, 2.05) is 0 Å². The lowest BCUT2D eigenvalue weighted by molar-refractivity contribution is 0.112. The van der Waals surface area contributed by atoms with E-state index in [1.165, 1.54) is 17.1 Å². The molecule has 142 valence electrons. The molecule has 0 aromatic heterocycles. The lowest BCUT2D eigenvalue weighted by Crippen LogP contribution is -2.39. The van der Waals surface area contributed by atoms with E-state index in [1.54, 1.807) is 24.3 Å². The van der Waals surface area contributed by atoms with Crippen LogP contribution in [0.1, 0.15) is 17.9 Å². The van der Waals surface area contributed by atoms with Crippen molar-refractivity contribution in [2.45, 2.75) is 12.3 Å². The highest BCUT2D eigenvalue weighted by Crippen LogP contribution is 2.41. The zero-order valence-corrected chi connectivity index (χ0v) is 15.2. The second-order valence-electron chi connectivity index (χ2n) is 6.65. The lowest BCUT2D eigenvalue weighted by atomic mass is 9.81. The van der Waals surface area contributed by atoms with Crippen molar-refractivity contribution in [2.75, 3.05) is 26.5 Å². The molecule has 2 unspecified atom stereocenters. The average Bonchev–Trinajstić information content (AvgIpc) is 3.13. The molecule has 1 saturated heterocycles. The van der Waals surface area contributed by atoms with Crippen molar-refractivity contribution < 1.29 is 18.6 Å². The molecule has 4 rings (SSSR count). The van der Waals surface area contributed by atoms with Gasteiger partial charge < -0.3 is 14.2 Å². The van der Waals surface area contributed by atoms with Crippen LogP contribution in [0.25, 0.3) is 0 Å². The predicted molar refractivity (Wildman–Crippen MR) is 97.7 cm³/mol. The molecule has 0 spiro atoms. The van der Waals surface area contributed by atoms with Crippen LogP contribution in [0.4, 0.5) is 4.39 Å². The first-order valence-corrected chi connectivity index (χ1v) is 9.07. The molecule has 2 heterocycles. The standard InChI is InChI=1S/C19H18ClFN2O4/c20-16-7-18-19(27-11-26-18)8-17(16)25-10-13-9-23(22-24)6-5-15(13)12-1-3-14(21)4-2-12/h1-4,7-8,13,15H,5-6,9-11H2. The summed E-state index contributed by atoms with van der Waals surface area (Å²) in [4.78, 5) is 11.0. The Bertz CT molecular complexity index is 833. The number of fused-ring (bicyclic) bond motifs is 1. The van der Waals surface area contributed by atoms with Gasteiger partial charge in [-0.15, -0.1) is 4.91 Å². The third-order valence-electron chi connectivity index (χ3n) is 5.01. The van der Waals surface area contributed by atoms with Crippen molar-refractivity contribution in [2.24, 2.45) is 11.2 Å². The van der Waals surface area contributed by atoms with Crippen molar-refractivity contribution >= 4 is 11.6 Å². The second kappa shape index (κ2) is 7.60. The summed E-state index contributed by atoms with van der Waals surface area (Å²) in [6.45, 7) is 1.53. The molecule has 2 aromatic carbocycles. The number of nitroso groups, excluding NO2 is 1. The first kappa shape index (κ1) is 17.9. The van der Waals surface area contributed by atoms with Crippen LogP contribution in [0.3, 0.4) is 0 Å². The van der Waals surface area contributed by atoms with E-state index in [-0.39, 0.29) is 24.4 Å². The van der Waals surface area contributed by atoms with Crippen LogP contribution in [-0.2, 0) is 0 Å². The van der Waals surface area contributed by atoms with Crippen molar-refractivity contribution in [3.05, 3.63) is 57.7 Å². The van der Waals surface area contributed by atoms with E-state index in [9.17, 15) is 9.30 Å². The van der Waals surface area contributed by atoms with Crippen molar-refractivity contribution in [3.8, 4) is 17.2 Å². The number of nitrogens with zero attached hydrogens (tertiary/aromatic N) is 2. The number of ether oxygens (including phenoxy) is 3. The van der Waals surface area contributed by atoms with Crippen LogP contribution in [-0.4, -0.2) is 31.5 Å². The van der Waals surface area contributed by atoms with E-state index in [0.717, 1.165) is 12.0 Å². The molecule has 2 atom stereocenters. The molecule has 0 amide bonds. The van der Waals surface area contributed by atoms with Crippen LogP contribution in [0.5, 0.6) is 17.2 Å².